The second-order valence-corrected chi connectivity index (χ2v) is 4.10. The van der Waals surface area contributed by atoms with E-state index in [1.165, 1.54) is 31.7 Å². The number of ether oxygens (including phenoxy) is 1. The summed E-state index contributed by atoms with van der Waals surface area (Å²) in [4.78, 5) is 10.5. The van der Waals surface area contributed by atoms with Gasteiger partial charge in [-0.1, -0.05) is 32.6 Å². The van der Waals surface area contributed by atoms with Crippen molar-refractivity contribution in [1.82, 2.24) is 0 Å². The van der Waals surface area contributed by atoms with Gasteiger partial charge in [-0.2, -0.15) is 0 Å². The largest absolute Gasteiger partial charge is 0.507 e. The Morgan fingerprint density at radius 2 is 2.00 bits per heavy atom. The standard InChI is InChI=1S/C14H20O3/c1-2-3-4-5-6-9-17-13-8-7-12(11-15)14(16)10-13/h7-8,10-11,16H,2-6,9H2,1H3. The Kier molecular flexibility index (Phi) is 6.15. The smallest absolute Gasteiger partial charge is 0.153 e. The number of carbonyl (C=O) groups excluding carboxylic acids is 1. The number of phenols is 1. The Labute approximate surface area is 102 Å². The zero-order valence-electron chi connectivity index (χ0n) is 10.3. The van der Waals surface area contributed by atoms with Crippen molar-refractivity contribution in [3.63, 3.8) is 0 Å². The first-order chi connectivity index (χ1) is 8.27. The fourth-order valence-corrected chi connectivity index (χ4v) is 1.61. The van der Waals surface area contributed by atoms with E-state index >= 15 is 0 Å². The molecule has 1 aromatic carbocycles. The lowest BCUT2D eigenvalue weighted by Crippen LogP contribution is -1.97. The maximum Gasteiger partial charge on any atom is 0.153 e. The zero-order chi connectivity index (χ0) is 12.5. The Balaban J connectivity index is 2.27. The van der Waals surface area contributed by atoms with Crippen LogP contribution in [0.15, 0.2) is 18.2 Å². The highest BCUT2D eigenvalue weighted by molar-refractivity contribution is 5.79. The summed E-state index contributed by atoms with van der Waals surface area (Å²) < 4.78 is 5.49. The van der Waals surface area contributed by atoms with Crippen LogP contribution >= 0.6 is 0 Å². The van der Waals surface area contributed by atoms with E-state index in [2.05, 4.69) is 6.92 Å². The summed E-state index contributed by atoms with van der Waals surface area (Å²) in [6, 6.07) is 4.75. The molecule has 1 rings (SSSR count). The first kappa shape index (κ1) is 13.6. The molecule has 0 fully saturated rings. The van der Waals surface area contributed by atoms with Gasteiger partial charge in [0.15, 0.2) is 6.29 Å². The maximum atomic E-state index is 10.5. The number of aromatic hydroxyl groups is 1. The molecule has 17 heavy (non-hydrogen) atoms. The van der Waals surface area contributed by atoms with Crippen molar-refractivity contribution in [2.24, 2.45) is 0 Å². The number of benzene rings is 1. The Hall–Kier alpha value is -1.51. The van der Waals surface area contributed by atoms with Crippen molar-refractivity contribution < 1.29 is 14.6 Å². The van der Waals surface area contributed by atoms with Crippen molar-refractivity contribution in [2.45, 2.75) is 39.0 Å². The number of hydrogen-bond acceptors (Lipinski definition) is 3. The Morgan fingerprint density at radius 3 is 2.65 bits per heavy atom. The number of aldehydes is 1. The van der Waals surface area contributed by atoms with Crippen LogP contribution in [0.25, 0.3) is 0 Å². The van der Waals surface area contributed by atoms with Crippen molar-refractivity contribution in [2.75, 3.05) is 6.61 Å². The van der Waals surface area contributed by atoms with Crippen LogP contribution in [0, 0.1) is 0 Å². The molecule has 0 aliphatic rings. The summed E-state index contributed by atoms with van der Waals surface area (Å²) >= 11 is 0. The molecular weight excluding hydrogens is 216 g/mol. The lowest BCUT2D eigenvalue weighted by Gasteiger charge is -2.07. The van der Waals surface area contributed by atoms with Crippen LogP contribution in [0.4, 0.5) is 0 Å². The number of rotatable bonds is 8. The number of unbranched alkanes of at least 4 members (excludes halogenated alkanes) is 4. The van der Waals surface area contributed by atoms with E-state index in [-0.39, 0.29) is 5.75 Å². The fourth-order valence-electron chi connectivity index (χ4n) is 1.61. The van der Waals surface area contributed by atoms with Gasteiger partial charge in [-0.05, 0) is 18.6 Å². The molecule has 3 heteroatoms. The molecule has 3 nitrogen and oxygen atoms in total. The topological polar surface area (TPSA) is 46.5 Å². The van der Waals surface area contributed by atoms with Crippen LogP contribution in [0.2, 0.25) is 0 Å². The van der Waals surface area contributed by atoms with Gasteiger partial charge < -0.3 is 9.84 Å². The molecule has 0 aromatic heterocycles. The summed E-state index contributed by atoms with van der Waals surface area (Å²) in [5.41, 5.74) is 0.292. The zero-order valence-corrected chi connectivity index (χ0v) is 10.3. The van der Waals surface area contributed by atoms with Crippen molar-refractivity contribution in [1.29, 1.82) is 0 Å². The van der Waals surface area contributed by atoms with Crippen molar-refractivity contribution in [3.8, 4) is 11.5 Å². The van der Waals surface area contributed by atoms with Crippen LogP contribution in [-0.4, -0.2) is 18.0 Å². The van der Waals surface area contributed by atoms with Crippen molar-refractivity contribution >= 4 is 6.29 Å². The molecular formula is C14H20O3. The molecule has 0 aliphatic heterocycles. The molecule has 1 N–H and O–H groups in total. The normalized spacial score (nSPS) is 10.2. The lowest BCUT2D eigenvalue weighted by atomic mass is 10.2. The molecule has 1 aromatic rings. The van der Waals surface area contributed by atoms with E-state index in [9.17, 15) is 9.90 Å². The molecule has 0 unspecified atom stereocenters. The van der Waals surface area contributed by atoms with Gasteiger partial charge in [-0.25, -0.2) is 0 Å². The summed E-state index contributed by atoms with van der Waals surface area (Å²) in [6.07, 6.45) is 6.58. The minimum atomic E-state index is -0.0246. The highest BCUT2D eigenvalue weighted by Crippen LogP contribution is 2.22. The van der Waals surface area contributed by atoms with Crippen LogP contribution in [0.5, 0.6) is 11.5 Å². The molecule has 0 radical (unpaired) electrons. The van der Waals surface area contributed by atoms with Crippen LogP contribution in [0.3, 0.4) is 0 Å². The molecule has 0 amide bonds. The van der Waals surface area contributed by atoms with Gasteiger partial charge in [0.1, 0.15) is 11.5 Å². The highest BCUT2D eigenvalue weighted by atomic mass is 16.5. The fraction of sp³-hybridized carbons (Fsp3) is 0.500. The minimum Gasteiger partial charge on any atom is -0.507 e. The van der Waals surface area contributed by atoms with Gasteiger partial charge in [0, 0.05) is 6.07 Å². The van der Waals surface area contributed by atoms with E-state index in [1.54, 1.807) is 12.1 Å². The minimum absolute atomic E-state index is 0.0246. The van der Waals surface area contributed by atoms with E-state index in [1.807, 2.05) is 0 Å². The predicted octanol–water partition coefficient (Wildman–Crippen LogP) is 3.55. The van der Waals surface area contributed by atoms with Crippen LogP contribution in [0.1, 0.15) is 49.4 Å². The molecule has 0 saturated carbocycles. The summed E-state index contributed by atoms with van der Waals surface area (Å²) in [5, 5.41) is 9.45. The summed E-state index contributed by atoms with van der Waals surface area (Å²) in [7, 11) is 0. The second kappa shape index (κ2) is 7.71. The van der Waals surface area contributed by atoms with E-state index < -0.39 is 0 Å². The van der Waals surface area contributed by atoms with Crippen molar-refractivity contribution in [3.05, 3.63) is 23.8 Å². The number of carbonyl (C=O) groups is 1. The highest BCUT2D eigenvalue weighted by Gasteiger charge is 2.01. The SMILES string of the molecule is CCCCCCCOc1ccc(C=O)c(O)c1. The molecule has 0 saturated heterocycles. The maximum absolute atomic E-state index is 10.5. The average molecular weight is 236 g/mol. The molecule has 0 spiro atoms. The van der Waals surface area contributed by atoms with E-state index in [0.29, 0.717) is 24.2 Å². The molecule has 0 bridgehead atoms. The number of hydrogen-bond donors (Lipinski definition) is 1. The van der Waals surface area contributed by atoms with Gasteiger partial charge in [0.25, 0.3) is 0 Å². The molecule has 0 aliphatic carbocycles. The van der Waals surface area contributed by atoms with Crippen LogP contribution in [-0.2, 0) is 0 Å². The first-order valence-electron chi connectivity index (χ1n) is 6.19. The van der Waals surface area contributed by atoms with Gasteiger partial charge in [-0.15, -0.1) is 0 Å². The quantitative estimate of drug-likeness (QED) is 0.554. The van der Waals surface area contributed by atoms with Gasteiger partial charge in [-0.3, -0.25) is 4.79 Å². The third-order valence-corrected chi connectivity index (χ3v) is 2.65. The summed E-state index contributed by atoms with van der Waals surface area (Å²) in [5.74, 6) is 0.590. The third kappa shape index (κ3) is 4.89. The number of phenolic OH excluding ortho intramolecular Hbond substituents is 1. The van der Waals surface area contributed by atoms with Gasteiger partial charge in [0.2, 0.25) is 0 Å². The third-order valence-electron chi connectivity index (χ3n) is 2.65. The second-order valence-electron chi connectivity index (χ2n) is 4.10. The van der Waals surface area contributed by atoms with Gasteiger partial charge >= 0.3 is 0 Å². The Bertz CT molecular complexity index is 347. The first-order valence-corrected chi connectivity index (χ1v) is 6.19. The molecule has 94 valence electrons. The molecule has 0 heterocycles. The lowest BCUT2D eigenvalue weighted by molar-refractivity contribution is 0.112. The molecule has 0 atom stereocenters. The Morgan fingerprint density at radius 1 is 1.24 bits per heavy atom. The van der Waals surface area contributed by atoms with E-state index in [0.717, 1.165) is 6.42 Å². The van der Waals surface area contributed by atoms with E-state index in [4.69, 9.17) is 4.74 Å². The van der Waals surface area contributed by atoms with Gasteiger partial charge in [0.05, 0.1) is 12.2 Å². The van der Waals surface area contributed by atoms with Crippen LogP contribution < -0.4 is 4.74 Å². The predicted molar refractivity (Wildman–Crippen MR) is 67.7 cm³/mol. The summed E-state index contributed by atoms with van der Waals surface area (Å²) in [6.45, 7) is 2.84. The monoisotopic (exact) mass is 236 g/mol. The average Bonchev–Trinajstić information content (AvgIpc) is 2.34.